The maximum atomic E-state index is 12.9. The first-order valence-corrected chi connectivity index (χ1v) is 9.43. The third kappa shape index (κ3) is 3.47. The number of benzene rings is 2. The van der Waals surface area contributed by atoms with Gasteiger partial charge in [-0.2, -0.15) is 0 Å². The number of fused-ring (bicyclic) bond motifs is 1. The molecule has 0 atom stereocenters. The Kier molecular flexibility index (Phi) is 4.68. The zero-order valence-corrected chi connectivity index (χ0v) is 15.6. The van der Waals surface area contributed by atoms with E-state index in [0.717, 1.165) is 68.2 Å². The Labute approximate surface area is 155 Å². The number of carbonyl (C=O) groups is 1. The lowest BCUT2D eigenvalue weighted by Crippen LogP contribution is -2.48. The van der Waals surface area contributed by atoms with Crippen LogP contribution in [0.4, 0.5) is 0 Å². The van der Waals surface area contributed by atoms with Gasteiger partial charge in [-0.3, -0.25) is 9.69 Å². The molecular formula is C22H26N2O2. The Morgan fingerprint density at radius 2 is 1.85 bits per heavy atom. The lowest BCUT2D eigenvalue weighted by Gasteiger charge is -2.35. The molecule has 4 nitrogen and oxygen atoms in total. The normalized spacial score (nSPS) is 17.1. The minimum absolute atomic E-state index is 0.167. The number of hydrogen-bond donors (Lipinski definition) is 0. The highest BCUT2D eigenvalue weighted by Gasteiger charge is 2.23. The Morgan fingerprint density at radius 1 is 1.04 bits per heavy atom. The fourth-order valence-electron chi connectivity index (χ4n) is 3.84. The van der Waals surface area contributed by atoms with E-state index >= 15 is 0 Å². The molecule has 0 saturated carbocycles. The van der Waals surface area contributed by atoms with E-state index in [0.29, 0.717) is 0 Å². The van der Waals surface area contributed by atoms with Crippen LogP contribution in [0.15, 0.2) is 36.4 Å². The zero-order chi connectivity index (χ0) is 18.1. The van der Waals surface area contributed by atoms with E-state index in [2.05, 4.69) is 29.2 Å². The van der Waals surface area contributed by atoms with E-state index in [1.807, 2.05) is 30.9 Å². The van der Waals surface area contributed by atoms with Crippen molar-refractivity contribution in [3.8, 4) is 5.75 Å². The average molecular weight is 350 g/mol. The first-order chi connectivity index (χ1) is 12.6. The van der Waals surface area contributed by atoms with Gasteiger partial charge in [0.1, 0.15) is 5.75 Å². The lowest BCUT2D eigenvalue weighted by atomic mass is 10.0. The third-order valence-electron chi connectivity index (χ3n) is 5.44. The molecule has 1 fully saturated rings. The monoisotopic (exact) mass is 350 g/mol. The van der Waals surface area contributed by atoms with Crippen LogP contribution in [0.5, 0.6) is 5.75 Å². The van der Waals surface area contributed by atoms with Crippen molar-refractivity contribution in [2.45, 2.75) is 26.8 Å². The van der Waals surface area contributed by atoms with Crippen LogP contribution in [0, 0.1) is 13.8 Å². The highest BCUT2D eigenvalue weighted by atomic mass is 16.5. The van der Waals surface area contributed by atoms with Gasteiger partial charge in [0, 0.05) is 44.7 Å². The summed E-state index contributed by atoms with van der Waals surface area (Å²) in [6.45, 7) is 9.22. The van der Waals surface area contributed by atoms with E-state index in [1.54, 1.807) is 0 Å². The molecule has 2 aliphatic rings. The summed E-state index contributed by atoms with van der Waals surface area (Å²) in [4.78, 5) is 17.3. The van der Waals surface area contributed by atoms with Crippen LogP contribution in [-0.4, -0.2) is 48.5 Å². The zero-order valence-electron chi connectivity index (χ0n) is 15.6. The molecule has 0 spiro atoms. The first-order valence-electron chi connectivity index (χ1n) is 9.43. The maximum absolute atomic E-state index is 12.9. The molecule has 2 aromatic rings. The summed E-state index contributed by atoms with van der Waals surface area (Å²) in [5.74, 6) is 1.21. The maximum Gasteiger partial charge on any atom is 0.254 e. The molecular weight excluding hydrogens is 324 g/mol. The van der Waals surface area contributed by atoms with Gasteiger partial charge in [-0.25, -0.2) is 0 Å². The third-order valence-corrected chi connectivity index (χ3v) is 5.44. The van der Waals surface area contributed by atoms with Crippen molar-refractivity contribution in [1.82, 2.24) is 9.80 Å². The molecule has 1 amide bonds. The Morgan fingerprint density at radius 3 is 2.65 bits per heavy atom. The van der Waals surface area contributed by atoms with E-state index in [-0.39, 0.29) is 5.91 Å². The second kappa shape index (κ2) is 7.12. The van der Waals surface area contributed by atoms with Gasteiger partial charge >= 0.3 is 0 Å². The van der Waals surface area contributed by atoms with Gasteiger partial charge in [0.2, 0.25) is 0 Å². The van der Waals surface area contributed by atoms with Gasteiger partial charge in [-0.1, -0.05) is 29.8 Å². The van der Waals surface area contributed by atoms with Crippen LogP contribution >= 0.6 is 0 Å². The molecule has 0 bridgehead atoms. The second-order valence-corrected chi connectivity index (χ2v) is 7.43. The van der Waals surface area contributed by atoms with Crippen LogP contribution in [-0.2, 0) is 13.0 Å². The topological polar surface area (TPSA) is 32.8 Å². The van der Waals surface area contributed by atoms with Crippen LogP contribution in [0.1, 0.15) is 32.6 Å². The average Bonchev–Trinajstić information content (AvgIpc) is 3.11. The number of nitrogens with zero attached hydrogens (tertiary/aromatic N) is 2. The van der Waals surface area contributed by atoms with E-state index in [9.17, 15) is 4.79 Å². The number of hydrogen-bond acceptors (Lipinski definition) is 3. The predicted octanol–water partition coefficient (Wildman–Crippen LogP) is 3.20. The fraction of sp³-hybridized carbons (Fsp3) is 0.409. The van der Waals surface area contributed by atoms with Crippen LogP contribution in [0.2, 0.25) is 0 Å². The number of amides is 1. The van der Waals surface area contributed by atoms with Crippen molar-refractivity contribution in [3.05, 3.63) is 64.2 Å². The molecule has 0 aliphatic carbocycles. The van der Waals surface area contributed by atoms with Crippen molar-refractivity contribution in [3.63, 3.8) is 0 Å². The van der Waals surface area contributed by atoms with Gasteiger partial charge in [-0.05, 0) is 42.7 Å². The Bertz CT molecular complexity index is 823. The highest BCUT2D eigenvalue weighted by molar-refractivity contribution is 5.95. The van der Waals surface area contributed by atoms with Gasteiger partial charge in [0.25, 0.3) is 5.91 Å². The molecule has 2 aliphatic heterocycles. The minimum atomic E-state index is 0.167. The van der Waals surface area contributed by atoms with Gasteiger partial charge in [-0.15, -0.1) is 0 Å². The van der Waals surface area contributed by atoms with E-state index in [4.69, 9.17) is 4.74 Å². The molecule has 0 radical (unpaired) electrons. The molecule has 4 rings (SSSR count). The largest absolute Gasteiger partial charge is 0.493 e. The van der Waals surface area contributed by atoms with E-state index in [1.165, 1.54) is 11.1 Å². The molecule has 26 heavy (non-hydrogen) atoms. The lowest BCUT2D eigenvalue weighted by molar-refractivity contribution is 0.0627. The van der Waals surface area contributed by atoms with E-state index < -0.39 is 0 Å². The van der Waals surface area contributed by atoms with Crippen molar-refractivity contribution < 1.29 is 9.53 Å². The molecule has 2 heterocycles. The number of aryl methyl sites for hydroxylation is 2. The number of rotatable bonds is 3. The number of ether oxygens (including phenoxy) is 1. The molecule has 4 heteroatoms. The quantitative estimate of drug-likeness (QED) is 0.852. The Hall–Kier alpha value is -2.33. The standard InChI is InChI=1S/C22H26N2O2/c1-16-3-4-17(2)20(13-16)22(25)24-10-8-23(9-11-24)15-18-5-6-21-19(14-18)7-12-26-21/h3-6,13-14H,7-12,15H2,1-2H3. The fourth-order valence-corrected chi connectivity index (χ4v) is 3.84. The van der Waals surface area contributed by atoms with Gasteiger partial charge in [0.05, 0.1) is 6.61 Å². The first kappa shape index (κ1) is 17.1. The smallest absolute Gasteiger partial charge is 0.254 e. The van der Waals surface area contributed by atoms with Crippen molar-refractivity contribution >= 4 is 5.91 Å². The van der Waals surface area contributed by atoms with Crippen molar-refractivity contribution in [2.75, 3.05) is 32.8 Å². The Balaban J connectivity index is 1.36. The second-order valence-electron chi connectivity index (χ2n) is 7.43. The van der Waals surface area contributed by atoms with Gasteiger partial charge in [0.15, 0.2) is 0 Å². The molecule has 2 aromatic carbocycles. The molecule has 1 saturated heterocycles. The summed E-state index contributed by atoms with van der Waals surface area (Å²) in [7, 11) is 0. The molecule has 136 valence electrons. The summed E-state index contributed by atoms with van der Waals surface area (Å²) in [6, 6.07) is 12.6. The summed E-state index contributed by atoms with van der Waals surface area (Å²) >= 11 is 0. The number of carbonyl (C=O) groups excluding carboxylic acids is 1. The molecule has 0 aromatic heterocycles. The van der Waals surface area contributed by atoms with Gasteiger partial charge < -0.3 is 9.64 Å². The summed E-state index contributed by atoms with van der Waals surface area (Å²) in [5, 5.41) is 0. The summed E-state index contributed by atoms with van der Waals surface area (Å²) in [5.41, 5.74) is 5.70. The predicted molar refractivity (Wildman–Crippen MR) is 103 cm³/mol. The SMILES string of the molecule is Cc1ccc(C)c(C(=O)N2CCN(Cc3ccc4c(c3)CCO4)CC2)c1. The number of piperazine rings is 1. The van der Waals surface area contributed by atoms with Crippen LogP contribution < -0.4 is 4.74 Å². The molecule has 0 unspecified atom stereocenters. The van der Waals surface area contributed by atoms with Crippen LogP contribution in [0.3, 0.4) is 0 Å². The van der Waals surface area contributed by atoms with Crippen molar-refractivity contribution in [1.29, 1.82) is 0 Å². The van der Waals surface area contributed by atoms with Crippen molar-refractivity contribution in [2.24, 2.45) is 0 Å². The summed E-state index contributed by atoms with van der Waals surface area (Å²) < 4.78 is 5.59. The summed E-state index contributed by atoms with van der Waals surface area (Å²) in [6.07, 6.45) is 1.02. The minimum Gasteiger partial charge on any atom is -0.493 e. The van der Waals surface area contributed by atoms with Crippen LogP contribution in [0.25, 0.3) is 0 Å². The highest BCUT2D eigenvalue weighted by Crippen LogP contribution is 2.26. The molecule has 0 N–H and O–H groups in total.